The monoisotopic (exact) mass is 536 g/mol. The summed E-state index contributed by atoms with van der Waals surface area (Å²) in [5.41, 5.74) is 2.23. The number of carbonyl (C=O) groups is 1. The molecule has 10 heteroatoms. The van der Waals surface area contributed by atoms with Crippen LogP contribution in [0.15, 0.2) is 52.4 Å². The van der Waals surface area contributed by atoms with Crippen molar-refractivity contribution in [2.24, 2.45) is 10.9 Å². The predicted octanol–water partition coefficient (Wildman–Crippen LogP) is 3.83. The highest BCUT2D eigenvalue weighted by Crippen LogP contribution is 2.36. The Labute approximate surface area is 217 Å². The lowest BCUT2D eigenvalue weighted by atomic mass is 10.1. The Kier molecular flexibility index (Phi) is 8.06. The number of hydrogen-bond acceptors (Lipinski definition) is 5. The van der Waals surface area contributed by atoms with Crippen molar-refractivity contribution in [3.05, 3.63) is 63.6 Å². The molecule has 1 amide bonds. The molecule has 4 rings (SSSR count). The van der Waals surface area contributed by atoms with Crippen molar-refractivity contribution in [1.29, 1.82) is 0 Å². The van der Waals surface area contributed by atoms with Gasteiger partial charge in [0.05, 0.1) is 16.6 Å². The molecule has 7 nitrogen and oxygen atoms in total. The highest BCUT2D eigenvalue weighted by atomic mass is 35.5. The zero-order chi connectivity index (χ0) is 25.2. The van der Waals surface area contributed by atoms with E-state index in [0.717, 1.165) is 36.5 Å². The average molecular weight is 538 g/mol. The molecule has 0 spiro atoms. The molecular formula is C25H30Cl2N4O3S. The highest BCUT2D eigenvalue weighted by Gasteiger charge is 2.38. The van der Waals surface area contributed by atoms with Crippen LogP contribution in [0.4, 0.5) is 0 Å². The minimum absolute atomic E-state index is 0.0112. The van der Waals surface area contributed by atoms with Gasteiger partial charge in [0.15, 0.2) is 0 Å². The zero-order valence-electron chi connectivity index (χ0n) is 19.9. The van der Waals surface area contributed by atoms with Gasteiger partial charge in [0.2, 0.25) is 15.9 Å². The lowest BCUT2D eigenvalue weighted by molar-refractivity contribution is -0.134. The van der Waals surface area contributed by atoms with Crippen LogP contribution in [-0.4, -0.2) is 69.1 Å². The summed E-state index contributed by atoms with van der Waals surface area (Å²) in [6.07, 6.45) is 2.51. The standard InChI is InChI=1S/C25H30Cl2N4O3S/c1-30(15-12-17-6-8-18(9-7-17)24-28-13-14-29-24)25(32)19-10-11-20(16-19)31(2)35(33,34)22-5-3-4-21(26)23(22)27/h3-9,19-20H,10-16H2,1-2H3,(H,28,29). The third-order valence-electron chi connectivity index (χ3n) is 6.86. The number of amides is 1. The number of rotatable bonds is 8. The zero-order valence-corrected chi connectivity index (χ0v) is 22.2. The van der Waals surface area contributed by atoms with Gasteiger partial charge in [0.25, 0.3) is 0 Å². The first-order chi connectivity index (χ1) is 16.7. The minimum atomic E-state index is -3.82. The molecule has 0 saturated heterocycles. The van der Waals surface area contributed by atoms with Crippen LogP contribution in [0.2, 0.25) is 10.0 Å². The lowest BCUT2D eigenvalue weighted by Crippen LogP contribution is -2.37. The summed E-state index contributed by atoms with van der Waals surface area (Å²) in [5, 5.41) is 3.48. The van der Waals surface area contributed by atoms with Gasteiger partial charge in [-0.1, -0.05) is 53.5 Å². The normalized spacial score (nSPS) is 20.1. The number of nitrogens with one attached hydrogen (secondary N) is 1. The van der Waals surface area contributed by atoms with Crippen LogP contribution in [0.25, 0.3) is 0 Å². The van der Waals surface area contributed by atoms with Crippen molar-refractivity contribution in [3.63, 3.8) is 0 Å². The number of carbonyl (C=O) groups excluding carboxylic acids is 1. The first-order valence-corrected chi connectivity index (χ1v) is 13.9. The number of benzene rings is 2. The second-order valence-electron chi connectivity index (χ2n) is 9.10. The van der Waals surface area contributed by atoms with Gasteiger partial charge in [-0.25, -0.2) is 8.42 Å². The first kappa shape index (κ1) is 25.9. The van der Waals surface area contributed by atoms with E-state index in [2.05, 4.69) is 34.6 Å². The van der Waals surface area contributed by atoms with Crippen LogP contribution in [-0.2, 0) is 21.2 Å². The van der Waals surface area contributed by atoms with Crippen LogP contribution in [0.5, 0.6) is 0 Å². The summed E-state index contributed by atoms with van der Waals surface area (Å²) >= 11 is 12.2. The van der Waals surface area contributed by atoms with Gasteiger partial charge < -0.3 is 10.2 Å². The van der Waals surface area contributed by atoms with Gasteiger partial charge in [0, 0.05) is 44.7 Å². The fourth-order valence-electron chi connectivity index (χ4n) is 4.69. The molecule has 1 aliphatic heterocycles. The summed E-state index contributed by atoms with van der Waals surface area (Å²) in [6, 6.07) is 12.6. The minimum Gasteiger partial charge on any atom is -0.368 e. The number of hydrogen-bond donors (Lipinski definition) is 1. The predicted molar refractivity (Wildman–Crippen MR) is 140 cm³/mol. The van der Waals surface area contributed by atoms with E-state index in [1.165, 1.54) is 10.4 Å². The Morgan fingerprint density at radius 2 is 1.86 bits per heavy atom. The quantitative estimate of drug-likeness (QED) is 0.555. The maximum atomic E-state index is 13.1. The van der Waals surface area contributed by atoms with E-state index < -0.39 is 10.0 Å². The third kappa shape index (κ3) is 5.66. The van der Waals surface area contributed by atoms with Crippen molar-refractivity contribution >= 4 is 45.0 Å². The number of halogens is 2. The summed E-state index contributed by atoms with van der Waals surface area (Å²) in [7, 11) is -0.463. The highest BCUT2D eigenvalue weighted by molar-refractivity contribution is 7.89. The molecule has 1 heterocycles. The fourth-order valence-corrected chi connectivity index (χ4v) is 6.82. The summed E-state index contributed by atoms with van der Waals surface area (Å²) in [5.74, 6) is 0.788. The molecule has 2 unspecified atom stereocenters. The molecule has 188 valence electrons. The number of amidine groups is 1. The lowest BCUT2D eigenvalue weighted by Gasteiger charge is -2.25. The van der Waals surface area contributed by atoms with Gasteiger partial charge in [0.1, 0.15) is 10.7 Å². The molecule has 2 aliphatic rings. The van der Waals surface area contributed by atoms with E-state index in [0.29, 0.717) is 25.8 Å². The summed E-state index contributed by atoms with van der Waals surface area (Å²) in [6.45, 7) is 2.29. The number of likely N-dealkylation sites (N-methyl/N-ethyl adjacent to an activating group) is 1. The van der Waals surface area contributed by atoms with E-state index in [4.69, 9.17) is 23.2 Å². The number of aliphatic imine (C=N–C) groups is 1. The second kappa shape index (κ2) is 10.9. The van der Waals surface area contributed by atoms with Crippen LogP contribution < -0.4 is 5.32 Å². The van der Waals surface area contributed by atoms with E-state index in [9.17, 15) is 13.2 Å². The molecular weight excluding hydrogens is 507 g/mol. The molecule has 1 N–H and O–H groups in total. The molecule has 2 atom stereocenters. The molecule has 1 saturated carbocycles. The first-order valence-electron chi connectivity index (χ1n) is 11.7. The van der Waals surface area contributed by atoms with Crippen LogP contribution in [0.1, 0.15) is 30.4 Å². The van der Waals surface area contributed by atoms with Crippen molar-refractivity contribution in [1.82, 2.24) is 14.5 Å². The molecule has 0 bridgehead atoms. The molecule has 1 fully saturated rings. The van der Waals surface area contributed by atoms with Crippen molar-refractivity contribution in [3.8, 4) is 0 Å². The Hall–Kier alpha value is -2.13. The van der Waals surface area contributed by atoms with Gasteiger partial charge >= 0.3 is 0 Å². The van der Waals surface area contributed by atoms with Crippen LogP contribution >= 0.6 is 23.2 Å². The average Bonchev–Trinajstić information content (AvgIpc) is 3.56. The van der Waals surface area contributed by atoms with Gasteiger partial charge in [-0.05, 0) is 43.4 Å². The molecule has 0 radical (unpaired) electrons. The fraction of sp³-hybridized carbons (Fsp3) is 0.440. The van der Waals surface area contributed by atoms with Crippen molar-refractivity contribution in [2.75, 3.05) is 33.7 Å². The largest absolute Gasteiger partial charge is 0.368 e. The van der Waals surface area contributed by atoms with Gasteiger partial charge in [-0.3, -0.25) is 9.79 Å². The molecule has 2 aromatic carbocycles. The van der Waals surface area contributed by atoms with Crippen molar-refractivity contribution < 1.29 is 13.2 Å². The SMILES string of the molecule is CN(CCc1ccc(C2=NCCN2)cc1)C(=O)C1CCC(N(C)S(=O)(=O)c2cccc(Cl)c2Cl)C1. The Morgan fingerprint density at radius 1 is 1.11 bits per heavy atom. The second-order valence-corrected chi connectivity index (χ2v) is 11.9. The van der Waals surface area contributed by atoms with E-state index in [1.807, 2.05) is 7.05 Å². The Balaban J connectivity index is 1.32. The van der Waals surface area contributed by atoms with Crippen LogP contribution in [0, 0.1) is 5.92 Å². The Bertz CT molecular complexity index is 1220. The van der Waals surface area contributed by atoms with Gasteiger partial charge in [-0.2, -0.15) is 4.31 Å². The summed E-state index contributed by atoms with van der Waals surface area (Å²) in [4.78, 5) is 19.3. The van der Waals surface area contributed by atoms with E-state index >= 15 is 0 Å². The number of nitrogens with zero attached hydrogens (tertiary/aromatic N) is 3. The van der Waals surface area contributed by atoms with Crippen LogP contribution in [0.3, 0.4) is 0 Å². The topological polar surface area (TPSA) is 82.1 Å². The molecule has 2 aromatic rings. The molecule has 1 aliphatic carbocycles. The smallest absolute Gasteiger partial charge is 0.244 e. The van der Waals surface area contributed by atoms with E-state index in [-0.39, 0.29) is 32.8 Å². The third-order valence-corrected chi connectivity index (χ3v) is 9.74. The van der Waals surface area contributed by atoms with E-state index in [1.54, 1.807) is 24.1 Å². The summed E-state index contributed by atoms with van der Waals surface area (Å²) < 4.78 is 27.6. The Morgan fingerprint density at radius 3 is 2.54 bits per heavy atom. The molecule has 0 aromatic heterocycles. The maximum Gasteiger partial charge on any atom is 0.244 e. The van der Waals surface area contributed by atoms with Gasteiger partial charge in [-0.15, -0.1) is 0 Å². The maximum absolute atomic E-state index is 13.1. The van der Waals surface area contributed by atoms with Crippen molar-refractivity contribution in [2.45, 2.75) is 36.6 Å². The number of sulfonamides is 1. The molecule has 35 heavy (non-hydrogen) atoms.